The maximum atomic E-state index is 12.9. The van der Waals surface area contributed by atoms with Crippen molar-refractivity contribution in [1.82, 2.24) is 4.90 Å². The average molecular weight is 374 g/mol. The summed E-state index contributed by atoms with van der Waals surface area (Å²) in [4.78, 5) is 18.1. The second-order valence-corrected chi connectivity index (χ2v) is 9.46. The van der Waals surface area contributed by atoms with Gasteiger partial charge in [-0.3, -0.25) is 4.90 Å². The summed E-state index contributed by atoms with van der Waals surface area (Å²) in [6, 6.07) is 15.0. The van der Waals surface area contributed by atoms with Gasteiger partial charge < -0.3 is 4.90 Å². The van der Waals surface area contributed by atoms with E-state index in [-0.39, 0.29) is 12.1 Å². The molecule has 0 radical (unpaired) electrons. The van der Waals surface area contributed by atoms with Crippen LogP contribution in [0.3, 0.4) is 0 Å². The molecule has 2 aromatic carbocycles. The molecule has 1 atom stereocenters. The summed E-state index contributed by atoms with van der Waals surface area (Å²) in [5.74, 6) is 0.895. The van der Waals surface area contributed by atoms with E-state index in [0.717, 1.165) is 21.9 Å². The zero-order valence-electron chi connectivity index (χ0n) is 13.8. The van der Waals surface area contributed by atoms with E-state index in [2.05, 4.69) is 6.07 Å². The Bertz CT molecular complexity index is 926. The summed E-state index contributed by atoms with van der Waals surface area (Å²) in [5, 5.41) is 0. The second kappa shape index (κ2) is 6.07. The van der Waals surface area contributed by atoms with Crippen LogP contribution in [0.5, 0.6) is 0 Å². The molecule has 0 aromatic heterocycles. The van der Waals surface area contributed by atoms with Gasteiger partial charge in [-0.25, -0.2) is 13.2 Å². The van der Waals surface area contributed by atoms with E-state index in [4.69, 9.17) is 0 Å². The number of carbonyl (C=O) groups excluding carboxylic acids is 1. The molecular weight excluding hydrogens is 356 g/mol. The highest BCUT2D eigenvalue weighted by Crippen LogP contribution is 2.40. The Morgan fingerprint density at radius 2 is 1.84 bits per heavy atom. The van der Waals surface area contributed by atoms with Gasteiger partial charge in [0, 0.05) is 30.0 Å². The van der Waals surface area contributed by atoms with Gasteiger partial charge in [-0.15, -0.1) is 11.8 Å². The number of urea groups is 1. The summed E-state index contributed by atoms with van der Waals surface area (Å²) < 4.78 is 23.1. The smallest absolute Gasteiger partial charge is 0.318 e. The summed E-state index contributed by atoms with van der Waals surface area (Å²) in [7, 11) is -3.20. The van der Waals surface area contributed by atoms with Gasteiger partial charge in [-0.05, 0) is 29.8 Å². The number of thioether (sulfide) groups is 1. The lowest BCUT2D eigenvalue weighted by Gasteiger charge is -2.29. The fourth-order valence-corrected chi connectivity index (χ4v) is 5.05. The van der Waals surface area contributed by atoms with Crippen molar-refractivity contribution < 1.29 is 13.2 Å². The van der Waals surface area contributed by atoms with Gasteiger partial charge in [0.25, 0.3) is 0 Å². The molecular formula is C18H18N2O3S2. The van der Waals surface area contributed by atoms with Crippen molar-refractivity contribution in [2.45, 2.75) is 22.4 Å². The molecule has 0 spiro atoms. The number of amides is 2. The van der Waals surface area contributed by atoms with Crippen molar-refractivity contribution in [1.29, 1.82) is 0 Å². The maximum Gasteiger partial charge on any atom is 0.325 e. The Hall–Kier alpha value is -1.99. The molecule has 1 saturated heterocycles. The van der Waals surface area contributed by atoms with Gasteiger partial charge in [0.05, 0.1) is 16.6 Å². The minimum absolute atomic E-state index is 0.0185. The summed E-state index contributed by atoms with van der Waals surface area (Å²) >= 11 is 1.79. The van der Waals surface area contributed by atoms with Crippen LogP contribution in [0.2, 0.25) is 0 Å². The number of hydrogen-bond donors (Lipinski definition) is 0. The minimum atomic E-state index is -3.20. The third kappa shape index (κ3) is 3.02. The van der Waals surface area contributed by atoms with Crippen LogP contribution >= 0.6 is 11.8 Å². The molecule has 2 aromatic rings. The molecule has 1 fully saturated rings. The molecule has 2 aliphatic rings. The highest BCUT2D eigenvalue weighted by atomic mass is 32.2. The molecule has 1 unspecified atom stereocenters. The third-order valence-electron chi connectivity index (χ3n) is 4.55. The SMILES string of the molecule is CS(=O)(=O)c1ccc(CN2CC3CSc4ccccc4N3C2=O)cc1. The van der Waals surface area contributed by atoms with E-state index < -0.39 is 9.84 Å². The van der Waals surface area contributed by atoms with Crippen LogP contribution in [-0.4, -0.2) is 43.9 Å². The summed E-state index contributed by atoms with van der Waals surface area (Å²) in [6.07, 6.45) is 1.19. The topological polar surface area (TPSA) is 57.7 Å². The third-order valence-corrected chi connectivity index (χ3v) is 6.89. The van der Waals surface area contributed by atoms with E-state index in [9.17, 15) is 13.2 Å². The Labute approximate surface area is 151 Å². The first-order valence-electron chi connectivity index (χ1n) is 8.02. The van der Waals surface area contributed by atoms with Gasteiger partial charge in [-0.1, -0.05) is 24.3 Å². The number of sulfone groups is 1. The molecule has 0 N–H and O–H groups in total. The Balaban J connectivity index is 1.55. The highest BCUT2D eigenvalue weighted by molar-refractivity contribution is 7.99. The Morgan fingerprint density at radius 1 is 1.12 bits per heavy atom. The van der Waals surface area contributed by atoms with Crippen molar-refractivity contribution in [2.24, 2.45) is 0 Å². The number of carbonyl (C=O) groups is 1. The first-order valence-corrected chi connectivity index (χ1v) is 10.9. The highest BCUT2D eigenvalue weighted by Gasteiger charge is 2.41. The van der Waals surface area contributed by atoms with E-state index >= 15 is 0 Å². The van der Waals surface area contributed by atoms with Crippen LogP contribution < -0.4 is 4.90 Å². The molecule has 130 valence electrons. The van der Waals surface area contributed by atoms with E-state index in [1.54, 1.807) is 36.0 Å². The van der Waals surface area contributed by atoms with Crippen LogP contribution in [-0.2, 0) is 16.4 Å². The van der Waals surface area contributed by atoms with Gasteiger partial charge >= 0.3 is 6.03 Å². The number of anilines is 1. The van der Waals surface area contributed by atoms with Crippen molar-refractivity contribution >= 4 is 33.3 Å². The van der Waals surface area contributed by atoms with E-state index in [0.29, 0.717) is 18.0 Å². The molecule has 0 aliphatic carbocycles. The Kier molecular flexibility index (Phi) is 4.00. The first kappa shape index (κ1) is 16.5. The van der Waals surface area contributed by atoms with Crippen LogP contribution in [0.4, 0.5) is 10.5 Å². The van der Waals surface area contributed by atoms with Crippen LogP contribution in [0.15, 0.2) is 58.3 Å². The monoisotopic (exact) mass is 374 g/mol. The first-order chi connectivity index (χ1) is 11.9. The molecule has 2 aliphatic heterocycles. The molecule has 25 heavy (non-hydrogen) atoms. The lowest BCUT2D eigenvalue weighted by Crippen LogP contribution is -2.38. The molecule has 4 rings (SSSR count). The molecule has 2 heterocycles. The maximum absolute atomic E-state index is 12.9. The normalized spacial score (nSPS) is 19.7. The van der Waals surface area contributed by atoms with Crippen molar-refractivity contribution in [3.63, 3.8) is 0 Å². The quantitative estimate of drug-likeness (QED) is 0.829. The standard InChI is InChI=1S/C18H18N2O3S2/c1-25(22,23)15-8-6-13(7-9-15)10-19-11-14-12-24-17-5-3-2-4-16(17)20(14)18(19)21/h2-9,14H,10-12H2,1H3. The van der Waals surface area contributed by atoms with Crippen molar-refractivity contribution in [3.8, 4) is 0 Å². The fraction of sp³-hybridized carbons (Fsp3) is 0.278. The molecule has 0 saturated carbocycles. The van der Waals surface area contributed by atoms with E-state index in [1.807, 2.05) is 28.0 Å². The predicted molar refractivity (Wildman–Crippen MR) is 98.8 cm³/mol. The largest absolute Gasteiger partial charge is 0.325 e. The zero-order chi connectivity index (χ0) is 17.6. The number of benzene rings is 2. The van der Waals surface area contributed by atoms with Gasteiger partial charge in [0.15, 0.2) is 9.84 Å². The fourth-order valence-electron chi connectivity index (χ4n) is 3.31. The minimum Gasteiger partial charge on any atom is -0.318 e. The zero-order valence-corrected chi connectivity index (χ0v) is 15.4. The summed E-state index contributed by atoms with van der Waals surface area (Å²) in [5.41, 5.74) is 1.92. The van der Waals surface area contributed by atoms with Gasteiger partial charge in [0.2, 0.25) is 0 Å². The molecule has 2 amide bonds. The van der Waals surface area contributed by atoms with Crippen LogP contribution in [0, 0.1) is 0 Å². The number of rotatable bonds is 3. The summed E-state index contributed by atoms with van der Waals surface area (Å²) in [6.45, 7) is 1.18. The predicted octanol–water partition coefficient (Wildman–Crippen LogP) is 3.01. The molecule has 7 heteroatoms. The second-order valence-electron chi connectivity index (χ2n) is 6.38. The van der Waals surface area contributed by atoms with Gasteiger partial charge in [-0.2, -0.15) is 0 Å². The lowest BCUT2D eigenvalue weighted by molar-refractivity contribution is 0.218. The van der Waals surface area contributed by atoms with Crippen LogP contribution in [0.1, 0.15) is 5.56 Å². The molecule has 0 bridgehead atoms. The van der Waals surface area contributed by atoms with Gasteiger partial charge in [0.1, 0.15) is 0 Å². The van der Waals surface area contributed by atoms with Crippen molar-refractivity contribution in [2.75, 3.05) is 23.5 Å². The van der Waals surface area contributed by atoms with Crippen molar-refractivity contribution in [3.05, 3.63) is 54.1 Å². The average Bonchev–Trinajstić information content (AvgIpc) is 2.91. The van der Waals surface area contributed by atoms with Crippen LogP contribution in [0.25, 0.3) is 0 Å². The number of hydrogen-bond acceptors (Lipinski definition) is 4. The molecule has 5 nitrogen and oxygen atoms in total. The van der Waals surface area contributed by atoms with E-state index in [1.165, 1.54) is 6.26 Å². The Morgan fingerprint density at radius 3 is 2.56 bits per heavy atom. The number of para-hydroxylation sites is 1. The lowest BCUT2D eigenvalue weighted by atomic mass is 10.2. The number of fused-ring (bicyclic) bond motifs is 3. The number of nitrogens with zero attached hydrogens (tertiary/aromatic N) is 2.